The summed E-state index contributed by atoms with van der Waals surface area (Å²) >= 11 is 0. The summed E-state index contributed by atoms with van der Waals surface area (Å²) in [6.07, 6.45) is 3.83. The van der Waals surface area contributed by atoms with Crippen LogP contribution in [0.15, 0.2) is 30.5 Å². The molecule has 5 rings (SSSR count). The zero-order chi connectivity index (χ0) is 19.1. The van der Waals surface area contributed by atoms with Crippen molar-refractivity contribution in [1.29, 1.82) is 0 Å². The summed E-state index contributed by atoms with van der Waals surface area (Å²) in [6, 6.07) is 8.41. The highest BCUT2D eigenvalue weighted by atomic mass is 16.3. The van der Waals surface area contributed by atoms with Gasteiger partial charge in [-0.25, -0.2) is 4.98 Å². The SMILES string of the molecule is CN1CCN([C@@H]2C[C@@H]3CN(Cc4cnc5ccccc5n4)C[C@@H]3C[C@H]2O)CC1. The van der Waals surface area contributed by atoms with E-state index in [2.05, 4.69) is 26.7 Å². The number of piperazine rings is 1. The zero-order valence-electron chi connectivity index (χ0n) is 16.7. The highest BCUT2D eigenvalue weighted by Crippen LogP contribution is 2.38. The highest BCUT2D eigenvalue weighted by molar-refractivity contribution is 5.73. The summed E-state index contributed by atoms with van der Waals surface area (Å²) < 4.78 is 0. The molecule has 6 nitrogen and oxygen atoms in total. The van der Waals surface area contributed by atoms with E-state index in [9.17, 15) is 5.11 Å². The van der Waals surface area contributed by atoms with Crippen LogP contribution in [0.5, 0.6) is 0 Å². The number of hydrogen-bond donors (Lipinski definition) is 1. The number of aliphatic hydroxyl groups excluding tert-OH is 1. The number of likely N-dealkylation sites (N-methyl/N-ethyl adjacent to an activating group) is 1. The molecule has 0 radical (unpaired) electrons. The monoisotopic (exact) mass is 381 g/mol. The van der Waals surface area contributed by atoms with Crippen molar-refractivity contribution in [1.82, 2.24) is 24.7 Å². The minimum Gasteiger partial charge on any atom is -0.391 e. The molecule has 2 aliphatic heterocycles. The number of likely N-dealkylation sites (tertiary alicyclic amines) is 1. The maximum Gasteiger partial charge on any atom is 0.0890 e. The fourth-order valence-corrected chi connectivity index (χ4v) is 5.48. The average molecular weight is 382 g/mol. The summed E-state index contributed by atoms with van der Waals surface area (Å²) in [7, 11) is 2.19. The van der Waals surface area contributed by atoms with Gasteiger partial charge in [0.2, 0.25) is 0 Å². The summed E-state index contributed by atoms with van der Waals surface area (Å²) in [5.41, 5.74) is 2.98. The van der Waals surface area contributed by atoms with Crippen LogP contribution in [0.25, 0.3) is 11.0 Å². The van der Waals surface area contributed by atoms with Gasteiger partial charge < -0.3 is 10.0 Å². The van der Waals surface area contributed by atoms with Crippen LogP contribution in [0, 0.1) is 11.8 Å². The van der Waals surface area contributed by atoms with Gasteiger partial charge in [0.1, 0.15) is 0 Å². The Morgan fingerprint density at radius 3 is 2.50 bits per heavy atom. The van der Waals surface area contributed by atoms with Crippen molar-refractivity contribution in [2.24, 2.45) is 11.8 Å². The smallest absolute Gasteiger partial charge is 0.0890 e. The first-order valence-corrected chi connectivity index (χ1v) is 10.7. The lowest BCUT2D eigenvalue weighted by Crippen LogP contribution is -2.55. The fourth-order valence-electron chi connectivity index (χ4n) is 5.48. The number of fused-ring (bicyclic) bond motifs is 2. The lowest BCUT2D eigenvalue weighted by atomic mass is 9.77. The molecule has 3 heterocycles. The molecule has 4 atom stereocenters. The van der Waals surface area contributed by atoms with Crippen LogP contribution in [0.4, 0.5) is 0 Å². The molecule has 6 heteroatoms. The van der Waals surface area contributed by atoms with E-state index in [-0.39, 0.29) is 6.10 Å². The van der Waals surface area contributed by atoms with E-state index in [0.29, 0.717) is 17.9 Å². The van der Waals surface area contributed by atoms with Crippen molar-refractivity contribution < 1.29 is 5.11 Å². The van der Waals surface area contributed by atoms with Crippen molar-refractivity contribution in [3.63, 3.8) is 0 Å². The number of aromatic nitrogens is 2. The molecule has 1 N–H and O–H groups in total. The molecule has 3 fully saturated rings. The number of para-hydroxylation sites is 2. The molecule has 0 unspecified atom stereocenters. The largest absolute Gasteiger partial charge is 0.391 e. The van der Waals surface area contributed by atoms with Gasteiger partial charge in [0.25, 0.3) is 0 Å². The lowest BCUT2D eigenvalue weighted by molar-refractivity contribution is -0.0249. The normalized spacial score (nSPS) is 32.6. The predicted octanol–water partition coefficient (Wildman–Crippen LogP) is 1.45. The molecule has 2 saturated heterocycles. The first kappa shape index (κ1) is 18.4. The lowest BCUT2D eigenvalue weighted by Gasteiger charge is -2.44. The maximum atomic E-state index is 10.8. The Labute approximate surface area is 167 Å². The van der Waals surface area contributed by atoms with Gasteiger partial charge >= 0.3 is 0 Å². The van der Waals surface area contributed by atoms with Crippen molar-refractivity contribution in [2.75, 3.05) is 46.3 Å². The van der Waals surface area contributed by atoms with Crippen LogP contribution in [0.1, 0.15) is 18.5 Å². The van der Waals surface area contributed by atoms with Gasteiger partial charge in [0.15, 0.2) is 0 Å². The molecule has 0 amide bonds. The Hall–Kier alpha value is -1.60. The van der Waals surface area contributed by atoms with Gasteiger partial charge in [-0.1, -0.05) is 12.1 Å². The zero-order valence-corrected chi connectivity index (χ0v) is 16.7. The van der Waals surface area contributed by atoms with E-state index in [1.54, 1.807) is 0 Å². The molecule has 28 heavy (non-hydrogen) atoms. The van der Waals surface area contributed by atoms with E-state index in [0.717, 1.165) is 75.4 Å². The molecule has 0 spiro atoms. The van der Waals surface area contributed by atoms with Crippen LogP contribution >= 0.6 is 0 Å². The fraction of sp³-hybridized carbons (Fsp3) is 0.636. The van der Waals surface area contributed by atoms with E-state index < -0.39 is 0 Å². The third-order valence-electron chi connectivity index (χ3n) is 7.08. The molecule has 1 aliphatic carbocycles. The molecular formula is C22H31N5O. The van der Waals surface area contributed by atoms with Crippen molar-refractivity contribution >= 4 is 11.0 Å². The standard InChI is InChI=1S/C22H31N5O/c1-25-6-8-27(9-7-25)21-10-16-13-26(14-17(16)11-22(21)28)15-18-12-23-19-4-2-3-5-20(19)24-18/h2-5,12,16-17,21-22,28H,6-11,13-15H2,1H3/t16-,17+,21-,22-/m1/s1. The Balaban J connectivity index is 1.23. The topological polar surface area (TPSA) is 55.7 Å². The third kappa shape index (κ3) is 3.66. The van der Waals surface area contributed by atoms with Gasteiger partial charge in [0.05, 0.1) is 29.0 Å². The second-order valence-electron chi connectivity index (χ2n) is 9.01. The van der Waals surface area contributed by atoms with Crippen LogP contribution < -0.4 is 0 Å². The van der Waals surface area contributed by atoms with Gasteiger partial charge in [-0.05, 0) is 43.9 Å². The average Bonchev–Trinajstić information content (AvgIpc) is 3.09. The molecule has 3 aliphatic rings. The van der Waals surface area contributed by atoms with Gasteiger partial charge in [-0.15, -0.1) is 0 Å². The summed E-state index contributed by atoms with van der Waals surface area (Å²) in [5, 5.41) is 10.8. The molecule has 150 valence electrons. The molecular weight excluding hydrogens is 350 g/mol. The molecule has 2 aromatic rings. The Morgan fingerprint density at radius 2 is 1.71 bits per heavy atom. The van der Waals surface area contributed by atoms with Crippen LogP contribution in [0.3, 0.4) is 0 Å². The second-order valence-corrected chi connectivity index (χ2v) is 9.01. The van der Waals surface area contributed by atoms with E-state index in [1.165, 1.54) is 0 Å². The summed E-state index contributed by atoms with van der Waals surface area (Å²) in [4.78, 5) is 16.8. The van der Waals surface area contributed by atoms with Crippen molar-refractivity contribution in [3.05, 3.63) is 36.2 Å². The summed E-state index contributed by atoms with van der Waals surface area (Å²) in [6.45, 7) is 7.47. The quantitative estimate of drug-likeness (QED) is 0.869. The minimum atomic E-state index is -0.176. The van der Waals surface area contributed by atoms with Crippen molar-refractivity contribution in [2.45, 2.75) is 31.5 Å². The van der Waals surface area contributed by atoms with E-state index in [4.69, 9.17) is 4.98 Å². The number of aliphatic hydroxyl groups is 1. The molecule has 1 aromatic carbocycles. The van der Waals surface area contributed by atoms with Gasteiger partial charge in [-0.3, -0.25) is 14.8 Å². The Kier molecular flexibility index (Phi) is 5.05. The Bertz CT molecular complexity index is 821. The maximum absolute atomic E-state index is 10.8. The van der Waals surface area contributed by atoms with E-state index in [1.807, 2.05) is 30.5 Å². The van der Waals surface area contributed by atoms with Crippen LogP contribution in [0.2, 0.25) is 0 Å². The minimum absolute atomic E-state index is 0.176. The first-order chi connectivity index (χ1) is 13.7. The number of rotatable bonds is 3. The molecule has 0 bridgehead atoms. The predicted molar refractivity (Wildman–Crippen MR) is 110 cm³/mol. The first-order valence-electron chi connectivity index (χ1n) is 10.7. The summed E-state index contributed by atoms with van der Waals surface area (Å²) in [5.74, 6) is 1.31. The van der Waals surface area contributed by atoms with E-state index >= 15 is 0 Å². The van der Waals surface area contributed by atoms with Crippen LogP contribution in [-0.2, 0) is 6.54 Å². The highest BCUT2D eigenvalue weighted by Gasteiger charge is 2.43. The van der Waals surface area contributed by atoms with Gasteiger partial charge in [0, 0.05) is 51.9 Å². The molecule has 1 saturated carbocycles. The Morgan fingerprint density at radius 1 is 1.00 bits per heavy atom. The number of nitrogens with zero attached hydrogens (tertiary/aromatic N) is 5. The molecule has 1 aromatic heterocycles. The third-order valence-corrected chi connectivity index (χ3v) is 7.08. The van der Waals surface area contributed by atoms with Crippen LogP contribution in [-0.4, -0.2) is 88.2 Å². The number of benzene rings is 1. The number of hydrogen-bond acceptors (Lipinski definition) is 6. The second kappa shape index (κ2) is 7.67. The van der Waals surface area contributed by atoms with Crippen molar-refractivity contribution in [3.8, 4) is 0 Å². The van der Waals surface area contributed by atoms with Gasteiger partial charge in [-0.2, -0.15) is 0 Å².